The maximum atomic E-state index is 12.5. The molecule has 0 saturated heterocycles. The molecule has 122 valence electrons. The van der Waals surface area contributed by atoms with Gasteiger partial charge in [0.2, 0.25) is 0 Å². The van der Waals surface area contributed by atoms with Gasteiger partial charge < -0.3 is 9.73 Å². The van der Waals surface area contributed by atoms with Crippen molar-refractivity contribution >= 4 is 17.7 Å². The number of thioether (sulfide) groups is 1. The summed E-state index contributed by atoms with van der Waals surface area (Å²) in [5, 5.41) is 2.92. The summed E-state index contributed by atoms with van der Waals surface area (Å²) in [7, 11) is 0. The van der Waals surface area contributed by atoms with Crippen molar-refractivity contribution in [1.29, 1.82) is 0 Å². The van der Waals surface area contributed by atoms with E-state index in [0.717, 1.165) is 10.6 Å². The third-order valence-corrected chi connectivity index (χ3v) is 4.33. The minimum atomic E-state index is -0.123. The first kappa shape index (κ1) is 16.3. The van der Waals surface area contributed by atoms with Gasteiger partial charge in [-0.2, -0.15) is 0 Å². The molecule has 0 bridgehead atoms. The molecule has 5 nitrogen and oxygen atoms in total. The molecule has 0 atom stereocenters. The van der Waals surface area contributed by atoms with Crippen LogP contribution in [0.25, 0.3) is 11.5 Å². The summed E-state index contributed by atoms with van der Waals surface area (Å²) in [6, 6.07) is 11.2. The highest BCUT2D eigenvalue weighted by Gasteiger charge is 2.14. The van der Waals surface area contributed by atoms with Crippen LogP contribution >= 0.6 is 11.8 Å². The maximum Gasteiger partial charge on any atom is 0.252 e. The van der Waals surface area contributed by atoms with E-state index < -0.39 is 0 Å². The van der Waals surface area contributed by atoms with Crippen molar-refractivity contribution in [2.45, 2.75) is 18.4 Å². The quantitative estimate of drug-likeness (QED) is 0.692. The summed E-state index contributed by atoms with van der Waals surface area (Å²) in [6.45, 7) is 2.35. The van der Waals surface area contributed by atoms with Crippen LogP contribution in [0, 0.1) is 0 Å². The Kier molecular flexibility index (Phi) is 5.28. The molecule has 3 aromatic rings. The number of rotatable bonds is 6. The summed E-state index contributed by atoms with van der Waals surface area (Å²) < 4.78 is 5.38. The number of amides is 1. The van der Waals surface area contributed by atoms with Gasteiger partial charge in [0, 0.05) is 17.3 Å². The summed E-state index contributed by atoms with van der Waals surface area (Å²) >= 11 is 1.65. The minimum absolute atomic E-state index is 0.123. The highest BCUT2D eigenvalue weighted by Crippen LogP contribution is 2.23. The van der Waals surface area contributed by atoms with E-state index in [9.17, 15) is 4.79 Å². The predicted molar refractivity (Wildman–Crippen MR) is 93.7 cm³/mol. The molecular formula is C18H17N3O2S. The van der Waals surface area contributed by atoms with E-state index in [-0.39, 0.29) is 12.5 Å². The second-order valence-corrected chi connectivity index (χ2v) is 6.25. The molecule has 6 heteroatoms. The lowest BCUT2D eigenvalue weighted by Crippen LogP contribution is -2.24. The molecule has 24 heavy (non-hydrogen) atoms. The van der Waals surface area contributed by atoms with Crippen LogP contribution in [0.5, 0.6) is 0 Å². The normalized spacial score (nSPS) is 10.5. The number of aromatic nitrogens is 2. The molecule has 0 aliphatic carbocycles. The molecule has 1 N–H and O–H groups in total. The Bertz CT molecular complexity index is 819. The summed E-state index contributed by atoms with van der Waals surface area (Å²) in [4.78, 5) is 22.1. The van der Waals surface area contributed by atoms with Crippen LogP contribution in [0.4, 0.5) is 0 Å². The number of furan rings is 1. The number of nitrogens with one attached hydrogen (secondary N) is 1. The fourth-order valence-electron chi connectivity index (χ4n) is 2.31. The Hall–Kier alpha value is -2.60. The van der Waals surface area contributed by atoms with E-state index in [2.05, 4.69) is 22.2 Å². The lowest BCUT2D eigenvalue weighted by molar-refractivity contribution is 0.0947. The van der Waals surface area contributed by atoms with Gasteiger partial charge in [0.1, 0.15) is 5.69 Å². The molecule has 3 rings (SSSR count). The fourth-order valence-corrected chi connectivity index (χ4v) is 3.11. The SMILES string of the molecule is CCSc1ccccc1C(=O)NCc1nccnc1-c1ccco1. The van der Waals surface area contributed by atoms with Crippen molar-refractivity contribution in [2.75, 3.05) is 5.75 Å². The monoisotopic (exact) mass is 339 g/mol. The summed E-state index contributed by atoms with van der Waals surface area (Å²) in [6.07, 6.45) is 4.80. The molecule has 0 saturated carbocycles. The third-order valence-electron chi connectivity index (χ3n) is 3.38. The van der Waals surface area contributed by atoms with Crippen molar-refractivity contribution in [3.8, 4) is 11.5 Å². The Morgan fingerprint density at radius 3 is 2.79 bits per heavy atom. The van der Waals surface area contributed by atoms with Gasteiger partial charge in [0.25, 0.3) is 5.91 Å². The fraction of sp³-hybridized carbons (Fsp3) is 0.167. The highest BCUT2D eigenvalue weighted by atomic mass is 32.2. The molecular weight excluding hydrogens is 322 g/mol. The van der Waals surface area contributed by atoms with E-state index in [1.54, 1.807) is 36.5 Å². The van der Waals surface area contributed by atoms with E-state index >= 15 is 0 Å². The van der Waals surface area contributed by atoms with Crippen LogP contribution in [-0.4, -0.2) is 21.6 Å². The van der Waals surface area contributed by atoms with Crippen LogP contribution in [0.2, 0.25) is 0 Å². The highest BCUT2D eigenvalue weighted by molar-refractivity contribution is 7.99. The number of carbonyl (C=O) groups excluding carboxylic acids is 1. The Morgan fingerprint density at radius 2 is 2.00 bits per heavy atom. The van der Waals surface area contributed by atoms with Crippen LogP contribution in [0.15, 0.2) is 64.4 Å². The zero-order valence-corrected chi connectivity index (χ0v) is 14.0. The van der Waals surface area contributed by atoms with E-state index in [1.807, 2.05) is 30.3 Å². The standard InChI is InChI=1S/C18H17N3O2S/c1-2-24-16-8-4-3-6-13(16)18(22)21-12-14-17(20-10-9-19-14)15-7-5-11-23-15/h3-11H,2,12H2,1H3,(H,21,22). The van der Waals surface area contributed by atoms with E-state index in [0.29, 0.717) is 22.7 Å². The summed E-state index contributed by atoms with van der Waals surface area (Å²) in [5.74, 6) is 1.42. The van der Waals surface area contributed by atoms with Crippen LogP contribution in [0.1, 0.15) is 23.0 Å². The van der Waals surface area contributed by atoms with Gasteiger partial charge in [-0.3, -0.25) is 9.78 Å². The predicted octanol–water partition coefficient (Wildman–Crippen LogP) is 3.78. The average Bonchev–Trinajstić information content (AvgIpc) is 3.15. The molecule has 0 unspecified atom stereocenters. The number of hydrogen-bond acceptors (Lipinski definition) is 5. The smallest absolute Gasteiger partial charge is 0.252 e. The van der Waals surface area contributed by atoms with Crippen molar-refractivity contribution in [3.63, 3.8) is 0 Å². The second-order valence-electron chi connectivity index (χ2n) is 4.94. The van der Waals surface area contributed by atoms with Gasteiger partial charge in [-0.1, -0.05) is 19.1 Å². The molecule has 1 aromatic carbocycles. The van der Waals surface area contributed by atoms with Crippen molar-refractivity contribution in [1.82, 2.24) is 15.3 Å². The zero-order chi connectivity index (χ0) is 16.8. The van der Waals surface area contributed by atoms with Crippen LogP contribution in [0.3, 0.4) is 0 Å². The second kappa shape index (κ2) is 7.79. The number of carbonyl (C=O) groups is 1. The average molecular weight is 339 g/mol. The van der Waals surface area contributed by atoms with Gasteiger partial charge in [0.05, 0.1) is 24.1 Å². The largest absolute Gasteiger partial charge is 0.463 e. The first-order chi connectivity index (χ1) is 11.8. The Labute approximate surface area is 144 Å². The molecule has 0 aliphatic heterocycles. The van der Waals surface area contributed by atoms with Crippen molar-refractivity contribution in [3.05, 3.63) is 66.3 Å². The number of nitrogens with zero attached hydrogens (tertiary/aromatic N) is 2. The molecule has 0 fully saturated rings. The van der Waals surface area contributed by atoms with Gasteiger partial charge in [-0.25, -0.2) is 4.98 Å². The van der Waals surface area contributed by atoms with Crippen LogP contribution in [-0.2, 0) is 6.54 Å². The lowest BCUT2D eigenvalue weighted by atomic mass is 10.2. The van der Waals surface area contributed by atoms with E-state index in [4.69, 9.17) is 4.42 Å². The maximum absolute atomic E-state index is 12.5. The molecule has 0 spiro atoms. The number of benzene rings is 1. The van der Waals surface area contributed by atoms with Gasteiger partial charge >= 0.3 is 0 Å². The van der Waals surface area contributed by atoms with Gasteiger partial charge in [-0.15, -0.1) is 11.8 Å². The first-order valence-electron chi connectivity index (χ1n) is 7.63. The molecule has 0 radical (unpaired) electrons. The first-order valence-corrected chi connectivity index (χ1v) is 8.62. The Balaban J connectivity index is 1.76. The van der Waals surface area contributed by atoms with Gasteiger partial charge in [0.15, 0.2) is 5.76 Å². The minimum Gasteiger partial charge on any atom is -0.463 e. The molecule has 0 aliphatic rings. The number of hydrogen-bond donors (Lipinski definition) is 1. The zero-order valence-electron chi connectivity index (χ0n) is 13.2. The van der Waals surface area contributed by atoms with Gasteiger partial charge in [-0.05, 0) is 30.0 Å². The lowest BCUT2D eigenvalue weighted by Gasteiger charge is -2.10. The third kappa shape index (κ3) is 3.65. The molecule has 1 amide bonds. The van der Waals surface area contributed by atoms with Crippen LogP contribution < -0.4 is 5.32 Å². The van der Waals surface area contributed by atoms with E-state index in [1.165, 1.54) is 0 Å². The molecule has 2 aromatic heterocycles. The van der Waals surface area contributed by atoms with Crippen molar-refractivity contribution < 1.29 is 9.21 Å². The topological polar surface area (TPSA) is 68.0 Å². The Morgan fingerprint density at radius 1 is 1.17 bits per heavy atom. The summed E-state index contributed by atoms with van der Waals surface area (Å²) in [5.41, 5.74) is 1.98. The van der Waals surface area contributed by atoms with Crippen molar-refractivity contribution in [2.24, 2.45) is 0 Å². The molecule has 2 heterocycles.